The number of ether oxygens (including phenoxy) is 1. The minimum absolute atomic E-state index is 0.0395. The van der Waals surface area contributed by atoms with Crippen molar-refractivity contribution in [2.45, 2.75) is 19.4 Å². The topological polar surface area (TPSA) is 54.5 Å². The first-order chi connectivity index (χ1) is 9.11. The molecule has 1 amide bonds. The molecule has 1 saturated heterocycles. The summed E-state index contributed by atoms with van der Waals surface area (Å²) in [6.45, 7) is 3.89. The molecule has 1 unspecified atom stereocenters. The van der Waals surface area contributed by atoms with Gasteiger partial charge in [0.15, 0.2) is 0 Å². The Hall–Kier alpha value is -1.33. The molecule has 1 atom stereocenters. The lowest BCUT2D eigenvalue weighted by Gasteiger charge is -2.22. The van der Waals surface area contributed by atoms with Crippen LogP contribution < -0.4 is 5.32 Å². The fraction of sp³-hybridized carbons (Fsp3) is 0.538. The number of nitrogens with one attached hydrogen (secondary N) is 1. The molecule has 1 aromatic heterocycles. The number of hydrogen-bond acceptors (Lipinski definition) is 4. The zero-order chi connectivity index (χ0) is 13.8. The molecule has 104 valence electrons. The summed E-state index contributed by atoms with van der Waals surface area (Å²) in [6.07, 6.45) is 0.872. The van der Waals surface area contributed by atoms with Crippen molar-refractivity contribution in [2.75, 3.05) is 32.1 Å². The van der Waals surface area contributed by atoms with Gasteiger partial charge in [-0.25, -0.2) is 4.98 Å². The van der Waals surface area contributed by atoms with Crippen LogP contribution in [0, 0.1) is 0 Å². The molecule has 19 heavy (non-hydrogen) atoms. The Bertz CT molecular complexity index is 467. The zero-order valence-corrected chi connectivity index (χ0v) is 11.9. The van der Waals surface area contributed by atoms with Crippen molar-refractivity contribution in [3.8, 4) is 0 Å². The van der Waals surface area contributed by atoms with E-state index in [1.54, 1.807) is 24.1 Å². The molecule has 0 spiro atoms. The van der Waals surface area contributed by atoms with Crippen molar-refractivity contribution >= 4 is 23.3 Å². The van der Waals surface area contributed by atoms with Crippen molar-refractivity contribution in [3.05, 3.63) is 22.8 Å². The summed E-state index contributed by atoms with van der Waals surface area (Å²) in [5.41, 5.74) is 0.294. The fourth-order valence-corrected chi connectivity index (χ4v) is 2.25. The van der Waals surface area contributed by atoms with Gasteiger partial charge in [0, 0.05) is 26.7 Å². The van der Waals surface area contributed by atoms with Crippen LogP contribution in [0.15, 0.2) is 12.1 Å². The molecule has 6 heteroatoms. The summed E-state index contributed by atoms with van der Waals surface area (Å²) in [7, 11) is 1.76. The molecule has 2 heterocycles. The van der Waals surface area contributed by atoms with Crippen LogP contribution in [0.25, 0.3) is 0 Å². The van der Waals surface area contributed by atoms with Crippen LogP contribution >= 0.6 is 11.6 Å². The van der Waals surface area contributed by atoms with E-state index in [1.165, 1.54) is 0 Å². The number of pyridine rings is 1. The molecular formula is C13H18ClN3O2. The second-order valence-corrected chi connectivity index (χ2v) is 4.97. The summed E-state index contributed by atoms with van der Waals surface area (Å²) in [6, 6.07) is 3.43. The summed E-state index contributed by atoms with van der Waals surface area (Å²) in [5, 5.41) is 3.28. The highest BCUT2D eigenvalue weighted by atomic mass is 35.5. The van der Waals surface area contributed by atoms with E-state index in [2.05, 4.69) is 10.3 Å². The van der Waals surface area contributed by atoms with Gasteiger partial charge in [0.05, 0.1) is 11.1 Å². The minimum Gasteiger partial charge on any atom is -0.377 e. The quantitative estimate of drug-likeness (QED) is 0.902. The summed E-state index contributed by atoms with van der Waals surface area (Å²) in [5.74, 6) is 0.492. The molecule has 1 aliphatic heterocycles. The second kappa shape index (κ2) is 6.21. The van der Waals surface area contributed by atoms with Gasteiger partial charge in [-0.3, -0.25) is 4.79 Å². The molecule has 2 rings (SSSR count). The van der Waals surface area contributed by atoms with Gasteiger partial charge in [-0.2, -0.15) is 0 Å². The first kappa shape index (κ1) is 14.1. The second-order valence-electron chi connectivity index (χ2n) is 4.56. The molecule has 0 saturated carbocycles. The summed E-state index contributed by atoms with van der Waals surface area (Å²) in [4.78, 5) is 18.5. The number of anilines is 1. The Morgan fingerprint density at radius 3 is 3.11 bits per heavy atom. The lowest BCUT2D eigenvalue weighted by Crippen LogP contribution is -2.36. The lowest BCUT2D eigenvalue weighted by molar-refractivity contribution is 0.0559. The van der Waals surface area contributed by atoms with Gasteiger partial charge in [-0.05, 0) is 25.5 Å². The molecular weight excluding hydrogens is 266 g/mol. The molecule has 0 aromatic carbocycles. The van der Waals surface area contributed by atoms with Gasteiger partial charge in [-0.15, -0.1) is 0 Å². The van der Waals surface area contributed by atoms with Gasteiger partial charge < -0.3 is 15.0 Å². The van der Waals surface area contributed by atoms with Gasteiger partial charge >= 0.3 is 0 Å². The molecule has 1 fully saturated rings. The normalized spacial score (nSPS) is 19.9. The highest BCUT2D eigenvalue weighted by Gasteiger charge is 2.24. The highest BCUT2D eigenvalue weighted by Crippen LogP contribution is 2.19. The SMILES string of the molecule is CNc1ccc(Cl)c(C(=O)N2CCCOC(C)C2)n1. The van der Waals surface area contributed by atoms with Gasteiger partial charge in [0.25, 0.3) is 5.91 Å². The molecule has 5 nitrogen and oxygen atoms in total. The van der Waals surface area contributed by atoms with Gasteiger partial charge in [-0.1, -0.05) is 11.6 Å². The smallest absolute Gasteiger partial charge is 0.274 e. The maximum atomic E-state index is 12.5. The van der Waals surface area contributed by atoms with Crippen molar-refractivity contribution in [2.24, 2.45) is 0 Å². The van der Waals surface area contributed by atoms with Crippen LogP contribution in [0.3, 0.4) is 0 Å². The van der Waals surface area contributed by atoms with Crippen LogP contribution in [0.4, 0.5) is 5.82 Å². The van der Waals surface area contributed by atoms with Crippen LogP contribution in [0.2, 0.25) is 5.02 Å². The van der Waals surface area contributed by atoms with E-state index >= 15 is 0 Å². The van der Waals surface area contributed by atoms with Crippen LogP contribution in [-0.2, 0) is 4.74 Å². The van der Waals surface area contributed by atoms with Crippen molar-refractivity contribution in [3.63, 3.8) is 0 Å². The Morgan fingerprint density at radius 1 is 1.58 bits per heavy atom. The van der Waals surface area contributed by atoms with Crippen molar-refractivity contribution in [1.29, 1.82) is 0 Å². The predicted octanol–water partition coefficient (Wildman–Crippen LogP) is 2.03. The van der Waals surface area contributed by atoms with E-state index in [9.17, 15) is 4.79 Å². The van der Waals surface area contributed by atoms with Crippen LogP contribution in [0.1, 0.15) is 23.8 Å². The summed E-state index contributed by atoms with van der Waals surface area (Å²) < 4.78 is 5.53. The average Bonchev–Trinajstić information content (AvgIpc) is 2.63. The largest absolute Gasteiger partial charge is 0.377 e. The third-order valence-electron chi connectivity index (χ3n) is 3.04. The summed E-state index contributed by atoms with van der Waals surface area (Å²) >= 11 is 6.08. The van der Waals surface area contributed by atoms with E-state index in [4.69, 9.17) is 16.3 Å². The average molecular weight is 284 g/mol. The number of rotatable bonds is 2. The number of halogens is 1. The van der Waals surface area contributed by atoms with Crippen molar-refractivity contribution in [1.82, 2.24) is 9.88 Å². The number of hydrogen-bond donors (Lipinski definition) is 1. The Morgan fingerprint density at radius 2 is 2.37 bits per heavy atom. The van der Waals surface area contributed by atoms with E-state index in [0.29, 0.717) is 36.2 Å². The maximum absolute atomic E-state index is 12.5. The molecule has 1 aliphatic rings. The first-order valence-electron chi connectivity index (χ1n) is 6.37. The Labute approximate surface area is 117 Å². The predicted molar refractivity (Wildman–Crippen MR) is 74.7 cm³/mol. The number of amides is 1. The number of nitrogens with zero attached hydrogens (tertiary/aromatic N) is 2. The lowest BCUT2D eigenvalue weighted by atomic mass is 10.2. The van der Waals surface area contributed by atoms with Crippen molar-refractivity contribution < 1.29 is 9.53 Å². The molecule has 1 N–H and O–H groups in total. The molecule has 0 bridgehead atoms. The number of carbonyl (C=O) groups is 1. The Kier molecular flexibility index (Phi) is 4.61. The van der Waals surface area contributed by atoms with E-state index in [1.807, 2.05) is 6.92 Å². The monoisotopic (exact) mass is 283 g/mol. The third kappa shape index (κ3) is 3.36. The highest BCUT2D eigenvalue weighted by molar-refractivity contribution is 6.33. The molecule has 0 aliphatic carbocycles. The maximum Gasteiger partial charge on any atom is 0.274 e. The number of carbonyl (C=O) groups excluding carboxylic acids is 1. The zero-order valence-electron chi connectivity index (χ0n) is 11.1. The first-order valence-corrected chi connectivity index (χ1v) is 6.75. The minimum atomic E-state index is -0.139. The molecule has 1 aromatic rings. The Balaban J connectivity index is 2.22. The van der Waals surface area contributed by atoms with E-state index in [0.717, 1.165) is 6.42 Å². The third-order valence-corrected chi connectivity index (χ3v) is 3.35. The standard InChI is InChI=1S/C13H18ClN3O2/c1-9-8-17(6-3-7-19-9)13(18)12-10(14)4-5-11(15-2)16-12/h4-5,9H,3,6-8H2,1-2H3,(H,15,16). The van der Waals surface area contributed by atoms with Gasteiger partial charge in [0.1, 0.15) is 11.5 Å². The van der Waals surface area contributed by atoms with Gasteiger partial charge in [0.2, 0.25) is 0 Å². The fourth-order valence-electron chi connectivity index (χ4n) is 2.06. The van der Waals surface area contributed by atoms with E-state index in [-0.39, 0.29) is 12.0 Å². The number of aromatic nitrogens is 1. The van der Waals surface area contributed by atoms with Crippen LogP contribution in [0.5, 0.6) is 0 Å². The molecule has 0 radical (unpaired) electrons. The van der Waals surface area contributed by atoms with Crippen LogP contribution in [-0.4, -0.2) is 48.6 Å². The van der Waals surface area contributed by atoms with E-state index < -0.39 is 0 Å².